The minimum atomic E-state index is -3.32. The van der Waals surface area contributed by atoms with Gasteiger partial charge in [0, 0.05) is 6.54 Å². The highest BCUT2D eigenvalue weighted by atomic mass is 32.2. The number of carbonyl (C=O) groups excluding carboxylic acids is 2. The average Bonchev–Trinajstić information content (AvgIpc) is 2.52. The van der Waals surface area contributed by atoms with Gasteiger partial charge in [0.25, 0.3) is 0 Å². The lowest BCUT2D eigenvalue weighted by atomic mass is 10.0. The third-order valence-corrected chi connectivity index (χ3v) is 4.83. The summed E-state index contributed by atoms with van der Waals surface area (Å²) >= 11 is 0. The summed E-state index contributed by atoms with van der Waals surface area (Å²) in [4.78, 5) is 23.2. The SMILES string of the molecule is CNS(=O)(=O)Cc1ccc(CNC(=O)C(CC(C)C)NC(N)=O)cc1. The molecule has 3 amide bonds. The highest BCUT2D eigenvalue weighted by Gasteiger charge is 2.20. The molecule has 9 heteroatoms. The van der Waals surface area contributed by atoms with Crippen LogP contribution in [0.2, 0.25) is 0 Å². The minimum Gasteiger partial charge on any atom is -0.352 e. The van der Waals surface area contributed by atoms with Gasteiger partial charge < -0.3 is 16.4 Å². The summed E-state index contributed by atoms with van der Waals surface area (Å²) in [5, 5.41) is 5.19. The first-order chi connectivity index (χ1) is 11.6. The van der Waals surface area contributed by atoms with Crippen LogP contribution < -0.4 is 21.1 Å². The molecule has 0 aliphatic rings. The molecule has 0 saturated heterocycles. The number of nitrogens with one attached hydrogen (secondary N) is 3. The molecule has 0 radical (unpaired) electrons. The van der Waals surface area contributed by atoms with Crippen LogP contribution in [0.15, 0.2) is 24.3 Å². The lowest BCUT2D eigenvalue weighted by molar-refractivity contribution is -0.123. The molecule has 0 bridgehead atoms. The van der Waals surface area contributed by atoms with Crippen LogP contribution in [-0.4, -0.2) is 33.4 Å². The number of nitrogens with two attached hydrogens (primary N) is 1. The van der Waals surface area contributed by atoms with Gasteiger partial charge in [0.15, 0.2) is 0 Å². The van der Waals surface area contributed by atoms with Gasteiger partial charge in [-0.15, -0.1) is 0 Å². The Kier molecular flexibility index (Phi) is 7.85. The molecule has 0 fully saturated rings. The van der Waals surface area contributed by atoms with Gasteiger partial charge >= 0.3 is 6.03 Å². The second-order valence-electron chi connectivity index (χ2n) is 6.19. The topological polar surface area (TPSA) is 130 Å². The molecule has 0 aliphatic heterocycles. The van der Waals surface area contributed by atoms with Crippen molar-refractivity contribution in [3.8, 4) is 0 Å². The maximum Gasteiger partial charge on any atom is 0.312 e. The molecule has 0 spiro atoms. The van der Waals surface area contributed by atoms with Gasteiger partial charge in [0.1, 0.15) is 6.04 Å². The second-order valence-corrected chi connectivity index (χ2v) is 8.11. The first-order valence-corrected chi connectivity index (χ1v) is 9.61. The Labute approximate surface area is 148 Å². The molecule has 1 aromatic rings. The van der Waals surface area contributed by atoms with E-state index >= 15 is 0 Å². The van der Waals surface area contributed by atoms with Crippen LogP contribution in [-0.2, 0) is 27.1 Å². The highest BCUT2D eigenvalue weighted by molar-refractivity contribution is 7.88. The standard InChI is InChI=1S/C16H26N4O4S/c1-11(2)8-14(20-16(17)22)15(21)19-9-12-4-6-13(7-5-12)10-25(23,24)18-3/h4-7,11,14,18H,8-10H2,1-3H3,(H,19,21)(H3,17,20,22). The van der Waals surface area contributed by atoms with E-state index < -0.39 is 22.1 Å². The van der Waals surface area contributed by atoms with E-state index in [0.29, 0.717) is 12.0 Å². The molecule has 1 unspecified atom stereocenters. The molecule has 0 saturated carbocycles. The smallest absolute Gasteiger partial charge is 0.312 e. The quantitative estimate of drug-likeness (QED) is 0.502. The molecule has 5 N–H and O–H groups in total. The fraction of sp³-hybridized carbons (Fsp3) is 0.500. The van der Waals surface area contributed by atoms with Crippen LogP contribution in [0.3, 0.4) is 0 Å². The molecular formula is C16H26N4O4S. The van der Waals surface area contributed by atoms with Gasteiger partial charge in [-0.1, -0.05) is 38.1 Å². The zero-order valence-electron chi connectivity index (χ0n) is 14.7. The predicted molar refractivity (Wildman–Crippen MR) is 95.9 cm³/mol. The van der Waals surface area contributed by atoms with E-state index in [0.717, 1.165) is 5.56 Å². The fourth-order valence-corrected chi connectivity index (χ4v) is 3.01. The normalized spacial score (nSPS) is 12.6. The summed E-state index contributed by atoms with van der Waals surface area (Å²) in [6.07, 6.45) is 0.482. The van der Waals surface area contributed by atoms with E-state index in [-0.39, 0.29) is 24.1 Å². The number of carbonyl (C=O) groups is 2. The van der Waals surface area contributed by atoms with Crippen molar-refractivity contribution in [2.24, 2.45) is 11.7 Å². The van der Waals surface area contributed by atoms with Crippen molar-refractivity contribution >= 4 is 22.0 Å². The van der Waals surface area contributed by atoms with E-state index in [4.69, 9.17) is 5.73 Å². The summed E-state index contributed by atoms with van der Waals surface area (Å²) in [6.45, 7) is 4.16. The van der Waals surface area contributed by atoms with Crippen LogP contribution >= 0.6 is 0 Å². The van der Waals surface area contributed by atoms with Crippen LogP contribution in [0.4, 0.5) is 4.79 Å². The van der Waals surface area contributed by atoms with Crippen LogP contribution in [0, 0.1) is 5.92 Å². The molecule has 25 heavy (non-hydrogen) atoms. The molecule has 0 aliphatic carbocycles. The number of rotatable bonds is 9. The maximum atomic E-state index is 12.2. The number of urea groups is 1. The molecule has 140 valence electrons. The van der Waals surface area contributed by atoms with E-state index in [1.165, 1.54) is 7.05 Å². The molecular weight excluding hydrogens is 344 g/mol. The highest BCUT2D eigenvalue weighted by Crippen LogP contribution is 2.09. The van der Waals surface area contributed by atoms with Crippen LogP contribution in [0.25, 0.3) is 0 Å². The van der Waals surface area contributed by atoms with Gasteiger partial charge in [-0.2, -0.15) is 0 Å². The minimum absolute atomic E-state index is 0.102. The zero-order chi connectivity index (χ0) is 19.0. The van der Waals surface area contributed by atoms with Gasteiger partial charge in [0.2, 0.25) is 15.9 Å². The Hall–Kier alpha value is -2.13. The van der Waals surface area contributed by atoms with Crippen molar-refractivity contribution in [3.05, 3.63) is 35.4 Å². The van der Waals surface area contributed by atoms with Gasteiger partial charge in [0.05, 0.1) is 5.75 Å². The maximum absolute atomic E-state index is 12.2. The molecule has 0 heterocycles. The Balaban J connectivity index is 2.63. The van der Waals surface area contributed by atoms with Gasteiger partial charge in [-0.05, 0) is 30.5 Å². The Morgan fingerprint density at radius 1 is 1.12 bits per heavy atom. The monoisotopic (exact) mass is 370 g/mol. The summed E-state index contributed by atoms with van der Waals surface area (Å²) < 4.78 is 25.3. The van der Waals surface area contributed by atoms with Crippen molar-refractivity contribution in [3.63, 3.8) is 0 Å². The third kappa shape index (κ3) is 7.99. The zero-order valence-corrected chi connectivity index (χ0v) is 15.5. The molecule has 0 aromatic heterocycles. The molecule has 8 nitrogen and oxygen atoms in total. The summed E-state index contributed by atoms with van der Waals surface area (Å²) in [7, 11) is -1.95. The van der Waals surface area contributed by atoms with Crippen molar-refractivity contribution in [2.45, 2.75) is 38.6 Å². The van der Waals surface area contributed by atoms with Gasteiger partial charge in [-0.25, -0.2) is 17.9 Å². The third-order valence-electron chi connectivity index (χ3n) is 3.50. The Morgan fingerprint density at radius 2 is 1.68 bits per heavy atom. The van der Waals surface area contributed by atoms with Crippen molar-refractivity contribution in [2.75, 3.05) is 7.05 Å². The second kappa shape index (κ2) is 9.38. The molecule has 1 aromatic carbocycles. The molecule has 1 atom stereocenters. The number of hydrogen-bond donors (Lipinski definition) is 4. The van der Waals surface area contributed by atoms with E-state index in [9.17, 15) is 18.0 Å². The van der Waals surface area contributed by atoms with Gasteiger partial charge in [-0.3, -0.25) is 4.79 Å². The first-order valence-electron chi connectivity index (χ1n) is 7.95. The first kappa shape index (κ1) is 20.9. The van der Waals surface area contributed by atoms with E-state index in [1.807, 2.05) is 13.8 Å². The van der Waals surface area contributed by atoms with E-state index in [1.54, 1.807) is 24.3 Å². The summed E-state index contributed by atoms with van der Waals surface area (Å²) in [5.41, 5.74) is 6.58. The predicted octanol–water partition coefficient (Wildman–Crippen LogP) is 0.435. The Bertz CT molecular complexity index is 687. The number of benzene rings is 1. The summed E-state index contributed by atoms with van der Waals surface area (Å²) in [5.74, 6) is -0.194. The van der Waals surface area contributed by atoms with Crippen molar-refractivity contribution < 1.29 is 18.0 Å². The van der Waals surface area contributed by atoms with Crippen molar-refractivity contribution in [1.29, 1.82) is 0 Å². The number of amides is 3. The van der Waals surface area contributed by atoms with Crippen molar-refractivity contribution in [1.82, 2.24) is 15.4 Å². The molecule has 1 rings (SSSR count). The summed E-state index contributed by atoms with van der Waals surface area (Å²) in [6, 6.07) is 5.47. The largest absolute Gasteiger partial charge is 0.352 e. The lowest BCUT2D eigenvalue weighted by Crippen LogP contribution is -2.49. The average molecular weight is 370 g/mol. The van der Waals surface area contributed by atoms with Crippen LogP contribution in [0.1, 0.15) is 31.4 Å². The Morgan fingerprint density at radius 3 is 2.16 bits per heavy atom. The van der Waals surface area contributed by atoms with E-state index in [2.05, 4.69) is 15.4 Å². The fourth-order valence-electron chi connectivity index (χ4n) is 2.23. The number of sulfonamides is 1. The van der Waals surface area contributed by atoms with Crippen LogP contribution in [0.5, 0.6) is 0 Å². The number of primary amides is 1. The lowest BCUT2D eigenvalue weighted by Gasteiger charge is -2.19. The number of hydrogen-bond acceptors (Lipinski definition) is 4.